The fourth-order valence-electron chi connectivity index (χ4n) is 3.25. The molecule has 1 aliphatic rings. The third kappa shape index (κ3) is 2.61. The Morgan fingerprint density at radius 3 is 2.70 bits per heavy atom. The highest BCUT2D eigenvalue weighted by Gasteiger charge is 2.60. The molecule has 0 spiro atoms. The van der Waals surface area contributed by atoms with Gasteiger partial charge in [-0.15, -0.1) is 11.6 Å². The number of halogens is 3. The van der Waals surface area contributed by atoms with Gasteiger partial charge in [0.1, 0.15) is 5.38 Å². The molecule has 138 valence electrons. The summed E-state index contributed by atoms with van der Waals surface area (Å²) in [5, 5.41) is 11.6. The average Bonchev–Trinajstić information content (AvgIpc) is 3.03. The first-order valence-corrected chi connectivity index (χ1v) is 9.73. The second-order valence-corrected chi connectivity index (χ2v) is 8.47. The van der Waals surface area contributed by atoms with Gasteiger partial charge in [0.05, 0.1) is 15.2 Å². The third-order valence-electron chi connectivity index (χ3n) is 4.65. The Morgan fingerprint density at radius 1 is 1.30 bits per heavy atom. The summed E-state index contributed by atoms with van der Waals surface area (Å²) in [6.45, 7) is 1.78. The predicted octanol–water partition coefficient (Wildman–Crippen LogP) is 5.38. The summed E-state index contributed by atoms with van der Waals surface area (Å²) >= 11 is 19.9. The standard InChI is InChI=1S/C17H10Cl3N3O3S/c1-17(9-6-5-8(18)7-10(9)19)14(20)15(24)22(17)16-21-13-11(23(25)26)3-2-4-12(13)27-16/h2-7,14H,1H3. The number of benzene rings is 2. The number of hydrogen-bond donors (Lipinski definition) is 0. The predicted molar refractivity (Wildman–Crippen MR) is 107 cm³/mol. The molecule has 0 radical (unpaired) electrons. The Labute approximate surface area is 172 Å². The lowest BCUT2D eigenvalue weighted by molar-refractivity contribution is -0.383. The summed E-state index contributed by atoms with van der Waals surface area (Å²) in [5.41, 5.74) is -0.209. The second-order valence-electron chi connectivity index (χ2n) is 6.19. The van der Waals surface area contributed by atoms with Crippen LogP contribution in [0, 0.1) is 10.1 Å². The zero-order valence-corrected chi connectivity index (χ0v) is 16.7. The van der Waals surface area contributed by atoms with E-state index in [0.717, 1.165) is 0 Å². The van der Waals surface area contributed by atoms with E-state index in [-0.39, 0.29) is 17.1 Å². The Bertz CT molecular complexity index is 1120. The van der Waals surface area contributed by atoms with E-state index in [2.05, 4.69) is 4.98 Å². The molecule has 1 aliphatic heterocycles. The zero-order valence-electron chi connectivity index (χ0n) is 13.6. The van der Waals surface area contributed by atoms with Crippen LogP contribution in [0.25, 0.3) is 10.2 Å². The maximum atomic E-state index is 12.6. The molecule has 3 aromatic rings. The number of rotatable bonds is 3. The van der Waals surface area contributed by atoms with Crippen molar-refractivity contribution in [1.29, 1.82) is 0 Å². The Kier molecular flexibility index (Phi) is 4.31. The Hall–Kier alpha value is -1.93. The number of β-lactam (4-membered cyclic amide) rings is 1. The van der Waals surface area contributed by atoms with Crippen molar-refractivity contribution in [2.24, 2.45) is 0 Å². The number of aromatic nitrogens is 1. The van der Waals surface area contributed by atoms with E-state index >= 15 is 0 Å². The van der Waals surface area contributed by atoms with Gasteiger partial charge in [-0.05, 0) is 30.7 Å². The number of carbonyl (C=O) groups excluding carboxylic acids is 1. The SMILES string of the molecule is CC1(c2ccc(Cl)cc2Cl)C(Cl)C(=O)N1c1nc2c([N+](=O)[O-])cccc2s1. The smallest absolute Gasteiger partial charge is 0.274 e. The van der Waals surface area contributed by atoms with Crippen LogP contribution in [-0.2, 0) is 10.3 Å². The summed E-state index contributed by atoms with van der Waals surface area (Å²) in [6.07, 6.45) is 0. The van der Waals surface area contributed by atoms with Crippen molar-refractivity contribution in [3.63, 3.8) is 0 Å². The third-order valence-corrected chi connectivity index (χ3v) is 6.81. The molecule has 2 heterocycles. The van der Waals surface area contributed by atoms with Gasteiger partial charge in [-0.3, -0.25) is 19.8 Å². The number of amides is 1. The molecule has 0 aliphatic carbocycles. The lowest BCUT2D eigenvalue weighted by atomic mass is 9.79. The molecule has 0 N–H and O–H groups in total. The zero-order chi connectivity index (χ0) is 19.5. The molecule has 27 heavy (non-hydrogen) atoms. The Balaban J connectivity index is 1.87. The number of nitro groups is 1. The molecule has 10 heteroatoms. The van der Waals surface area contributed by atoms with Crippen LogP contribution in [0.1, 0.15) is 12.5 Å². The van der Waals surface area contributed by atoms with E-state index in [9.17, 15) is 14.9 Å². The van der Waals surface area contributed by atoms with E-state index in [1.165, 1.54) is 22.3 Å². The first kappa shape index (κ1) is 18.4. The van der Waals surface area contributed by atoms with Gasteiger partial charge in [0.25, 0.3) is 5.69 Å². The van der Waals surface area contributed by atoms with Gasteiger partial charge >= 0.3 is 0 Å². The molecule has 0 bridgehead atoms. The molecule has 0 saturated carbocycles. The second kappa shape index (κ2) is 6.31. The maximum Gasteiger partial charge on any atom is 0.296 e. The van der Waals surface area contributed by atoms with Crippen LogP contribution < -0.4 is 4.90 Å². The topological polar surface area (TPSA) is 76.3 Å². The first-order chi connectivity index (χ1) is 12.7. The van der Waals surface area contributed by atoms with E-state index in [1.807, 2.05) is 0 Å². The van der Waals surface area contributed by atoms with Crippen LogP contribution in [0.5, 0.6) is 0 Å². The molecule has 1 saturated heterocycles. The molecule has 1 fully saturated rings. The number of fused-ring (bicyclic) bond motifs is 1. The van der Waals surface area contributed by atoms with Crippen LogP contribution in [0.4, 0.5) is 10.8 Å². The molecule has 2 atom stereocenters. The number of alkyl halides is 1. The van der Waals surface area contributed by atoms with Gasteiger partial charge in [0.15, 0.2) is 10.6 Å². The number of para-hydroxylation sites is 1. The summed E-state index contributed by atoms with van der Waals surface area (Å²) in [6, 6.07) is 9.65. The van der Waals surface area contributed by atoms with Crippen molar-refractivity contribution in [3.8, 4) is 0 Å². The summed E-state index contributed by atoms with van der Waals surface area (Å²) in [7, 11) is 0. The normalized spacial score (nSPS) is 22.1. The van der Waals surface area contributed by atoms with Crippen LogP contribution in [-0.4, -0.2) is 21.2 Å². The van der Waals surface area contributed by atoms with Crippen molar-refractivity contribution < 1.29 is 9.72 Å². The molecule has 4 rings (SSSR count). The van der Waals surface area contributed by atoms with Crippen LogP contribution in [0.2, 0.25) is 10.0 Å². The van der Waals surface area contributed by atoms with E-state index in [0.29, 0.717) is 25.4 Å². The highest BCUT2D eigenvalue weighted by molar-refractivity contribution is 7.22. The molecule has 1 aromatic heterocycles. The fourth-order valence-corrected chi connectivity index (χ4v) is 5.26. The van der Waals surface area contributed by atoms with Crippen molar-refractivity contribution in [2.75, 3.05) is 4.90 Å². The number of nitrogens with zero attached hydrogens (tertiary/aromatic N) is 3. The number of hydrogen-bond acceptors (Lipinski definition) is 5. The molecule has 6 nitrogen and oxygen atoms in total. The van der Waals surface area contributed by atoms with Crippen LogP contribution >= 0.6 is 46.1 Å². The number of thiazole rings is 1. The van der Waals surface area contributed by atoms with Crippen molar-refractivity contribution in [2.45, 2.75) is 17.8 Å². The van der Waals surface area contributed by atoms with Gasteiger partial charge in [-0.2, -0.15) is 0 Å². The minimum atomic E-state index is -0.955. The summed E-state index contributed by atoms with van der Waals surface area (Å²) in [5.74, 6) is -0.341. The number of carbonyl (C=O) groups is 1. The van der Waals surface area contributed by atoms with E-state index < -0.39 is 15.8 Å². The first-order valence-electron chi connectivity index (χ1n) is 7.72. The highest BCUT2D eigenvalue weighted by Crippen LogP contribution is 2.51. The molecule has 2 aromatic carbocycles. The Morgan fingerprint density at radius 2 is 2.04 bits per heavy atom. The summed E-state index contributed by atoms with van der Waals surface area (Å²) < 4.78 is 0.606. The van der Waals surface area contributed by atoms with Gasteiger partial charge in [0.2, 0.25) is 5.91 Å². The number of nitro benzene ring substituents is 1. The van der Waals surface area contributed by atoms with Gasteiger partial charge in [0, 0.05) is 16.1 Å². The fraction of sp³-hybridized carbons (Fsp3) is 0.176. The largest absolute Gasteiger partial charge is 0.296 e. The monoisotopic (exact) mass is 441 g/mol. The van der Waals surface area contributed by atoms with Crippen molar-refractivity contribution >= 4 is 73.1 Å². The van der Waals surface area contributed by atoms with Gasteiger partial charge < -0.3 is 0 Å². The molecular weight excluding hydrogens is 433 g/mol. The molecule has 2 unspecified atom stereocenters. The lowest BCUT2D eigenvalue weighted by Gasteiger charge is -2.52. The number of anilines is 1. The quantitative estimate of drug-likeness (QED) is 0.236. The molecular formula is C17H10Cl3N3O3S. The van der Waals surface area contributed by atoms with Crippen LogP contribution in [0.3, 0.4) is 0 Å². The lowest BCUT2D eigenvalue weighted by Crippen LogP contribution is -2.69. The van der Waals surface area contributed by atoms with Crippen molar-refractivity contribution in [3.05, 3.63) is 62.1 Å². The summed E-state index contributed by atoms with van der Waals surface area (Å²) in [4.78, 5) is 29.1. The van der Waals surface area contributed by atoms with Gasteiger partial charge in [-0.1, -0.05) is 46.7 Å². The van der Waals surface area contributed by atoms with E-state index in [1.54, 1.807) is 37.3 Å². The van der Waals surface area contributed by atoms with Gasteiger partial charge in [-0.25, -0.2) is 4.98 Å². The van der Waals surface area contributed by atoms with Crippen LogP contribution in [0.15, 0.2) is 36.4 Å². The molecule has 1 amide bonds. The number of non-ortho nitro benzene ring substituents is 1. The minimum Gasteiger partial charge on any atom is -0.274 e. The van der Waals surface area contributed by atoms with Crippen molar-refractivity contribution in [1.82, 2.24) is 4.98 Å². The maximum absolute atomic E-state index is 12.6. The average molecular weight is 443 g/mol. The highest BCUT2D eigenvalue weighted by atomic mass is 35.5. The minimum absolute atomic E-state index is 0.114. The van der Waals surface area contributed by atoms with E-state index in [4.69, 9.17) is 34.8 Å².